The van der Waals surface area contributed by atoms with Crippen molar-refractivity contribution in [3.8, 4) is 0 Å². The molecule has 1 saturated heterocycles. The van der Waals surface area contributed by atoms with E-state index in [1.54, 1.807) is 6.92 Å². The molecular formula is C15H15F3N2O. The summed E-state index contributed by atoms with van der Waals surface area (Å²) < 4.78 is 43.7. The fraction of sp³-hybridized carbons (Fsp3) is 0.400. The lowest BCUT2D eigenvalue weighted by Crippen LogP contribution is -2.19. The Morgan fingerprint density at radius 1 is 1.29 bits per heavy atom. The Hall–Kier alpha value is -1.82. The molecule has 0 saturated carbocycles. The highest BCUT2D eigenvalue weighted by Crippen LogP contribution is 2.33. The van der Waals surface area contributed by atoms with Gasteiger partial charge in [-0.25, -0.2) is 0 Å². The molecule has 0 amide bonds. The number of ether oxygens (including phenoxy) is 1. The standard InChI is InChI=1S/C15H15F3N2O/c1-9-6-13(20-11-4-5-21-8-11)12-3-2-10(15(16,17)18)7-14(12)19-9/h2-3,6-7,11H,4-5,8H2,1H3,(H,19,20). The van der Waals surface area contributed by atoms with Gasteiger partial charge in [0.15, 0.2) is 0 Å². The first-order valence-corrected chi connectivity index (χ1v) is 6.76. The molecule has 112 valence electrons. The van der Waals surface area contributed by atoms with E-state index in [9.17, 15) is 13.2 Å². The summed E-state index contributed by atoms with van der Waals surface area (Å²) in [4.78, 5) is 4.21. The number of benzene rings is 1. The zero-order chi connectivity index (χ0) is 15.0. The van der Waals surface area contributed by atoms with Gasteiger partial charge in [-0.1, -0.05) is 6.07 Å². The van der Waals surface area contributed by atoms with Gasteiger partial charge in [-0.15, -0.1) is 0 Å². The summed E-state index contributed by atoms with van der Waals surface area (Å²) >= 11 is 0. The molecule has 0 radical (unpaired) electrons. The topological polar surface area (TPSA) is 34.1 Å². The van der Waals surface area contributed by atoms with Crippen molar-refractivity contribution < 1.29 is 17.9 Å². The maximum Gasteiger partial charge on any atom is 0.416 e. The van der Waals surface area contributed by atoms with Gasteiger partial charge >= 0.3 is 6.18 Å². The van der Waals surface area contributed by atoms with Gasteiger partial charge in [0.1, 0.15) is 0 Å². The van der Waals surface area contributed by atoms with Crippen LogP contribution in [0.3, 0.4) is 0 Å². The number of rotatable bonds is 2. The molecule has 1 fully saturated rings. The minimum Gasteiger partial charge on any atom is -0.379 e. The van der Waals surface area contributed by atoms with Crippen LogP contribution >= 0.6 is 0 Å². The van der Waals surface area contributed by atoms with Crippen LogP contribution in [-0.4, -0.2) is 24.2 Å². The number of nitrogens with zero attached hydrogens (tertiary/aromatic N) is 1. The molecule has 3 rings (SSSR count). The normalized spacial score (nSPS) is 19.1. The number of hydrogen-bond acceptors (Lipinski definition) is 3. The molecule has 1 aliphatic rings. The van der Waals surface area contributed by atoms with Gasteiger partial charge in [-0.3, -0.25) is 4.98 Å². The van der Waals surface area contributed by atoms with Crippen molar-refractivity contribution in [2.24, 2.45) is 0 Å². The van der Waals surface area contributed by atoms with E-state index < -0.39 is 11.7 Å². The highest BCUT2D eigenvalue weighted by Gasteiger charge is 2.30. The molecule has 2 aromatic rings. The second-order valence-electron chi connectivity index (χ2n) is 5.25. The molecule has 21 heavy (non-hydrogen) atoms. The Morgan fingerprint density at radius 2 is 2.10 bits per heavy atom. The average Bonchev–Trinajstić information content (AvgIpc) is 2.89. The van der Waals surface area contributed by atoms with Gasteiger partial charge in [0.25, 0.3) is 0 Å². The molecule has 1 unspecified atom stereocenters. The molecule has 6 heteroatoms. The first-order valence-electron chi connectivity index (χ1n) is 6.76. The lowest BCUT2D eigenvalue weighted by Gasteiger charge is -2.16. The minimum absolute atomic E-state index is 0.192. The first-order chi connectivity index (χ1) is 9.93. The van der Waals surface area contributed by atoms with Crippen molar-refractivity contribution in [1.82, 2.24) is 4.98 Å². The first kappa shape index (κ1) is 14.1. The lowest BCUT2D eigenvalue weighted by atomic mass is 10.1. The van der Waals surface area contributed by atoms with E-state index in [4.69, 9.17) is 4.74 Å². The number of hydrogen-bond donors (Lipinski definition) is 1. The molecule has 1 N–H and O–H groups in total. The highest BCUT2D eigenvalue weighted by atomic mass is 19.4. The molecule has 0 aliphatic carbocycles. The van der Waals surface area contributed by atoms with E-state index in [2.05, 4.69) is 10.3 Å². The quantitative estimate of drug-likeness (QED) is 0.916. The Labute approximate surface area is 120 Å². The van der Waals surface area contributed by atoms with Crippen LogP contribution in [0, 0.1) is 6.92 Å². The molecule has 3 nitrogen and oxygen atoms in total. The number of aryl methyl sites for hydroxylation is 1. The van der Waals surface area contributed by atoms with E-state index in [1.165, 1.54) is 6.07 Å². The molecule has 1 aromatic carbocycles. The maximum atomic E-state index is 12.8. The monoisotopic (exact) mass is 296 g/mol. The van der Waals surface area contributed by atoms with Gasteiger partial charge in [-0.2, -0.15) is 13.2 Å². The highest BCUT2D eigenvalue weighted by molar-refractivity contribution is 5.92. The molecule has 0 bridgehead atoms. The number of alkyl halides is 3. The van der Waals surface area contributed by atoms with Crippen molar-refractivity contribution in [3.63, 3.8) is 0 Å². The van der Waals surface area contributed by atoms with Gasteiger partial charge in [0.05, 0.1) is 23.7 Å². The molecule has 1 atom stereocenters. The smallest absolute Gasteiger partial charge is 0.379 e. The lowest BCUT2D eigenvalue weighted by molar-refractivity contribution is -0.137. The predicted octanol–water partition coefficient (Wildman–Crippen LogP) is 3.76. The van der Waals surface area contributed by atoms with E-state index in [1.807, 2.05) is 6.07 Å². The molecular weight excluding hydrogens is 281 g/mol. The summed E-state index contributed by atoms with van der Waals surface area (Å²) in [5, 5.41) is 4.03. The third-order valence-electron chi connectivity index (χ3n) is 3.55. The summed E-state index contributed by atoms with van der Waals surface area (Å²) in [6, 6.07) is 5.71. The van der Waals surface area contributed by atoms with Crippen LogP contribution in [0.4, 0.5) is 18.9 Å². The van der Waals surface area contributed by atoms with E-state index in [-0.39, 0.29) is 6.04 Å². The summed E-state index contributed by atoms with van der Waals surface area (Å²) in [6.07, 6.45) is -3.46. The van der Waals surface area contributed by atoms with Crippen molar-refractivity contribution in [3.05, 3.63) is 35.5 Å². The Morgan fingerprint density at radius 3 is 2.76 bits per heavy atom. The number of anilines is 1. The number of nitrogens with one attached hydrogen (secondary N) is 1. The zero-order valence-corrected chi connectivity index (χ0v) is 11.5. The molecule has 2 heterocycles. The van der Waals surface area contributed by atoms with Crippen LogP contribution in [-0.2, 0) is 10.9 Å². The van der Waals surface area contributed by atoms with E-state index in [0.717, 1.165) is 24.2 Å². The van der Waals surface area contributed by atoms with Crippen LogP contribution in [0.15, 0.2) is 24.3 Å². The van der Waals surface area contributed by atoms with Crippen LogP contribution in [0.25, 0.3) is 10.9 Å². The van der Waals surface area contributed by atoms with Gasteiger partial charge in [-0.05, 0) is 31.5 Å². The van der Waals surface area contributed by atoms with E-state index in [0.29, 0.717) is 29.8 Å². The third-order valence-corrected chi connectivity index (χ3v) is 3.55. The third kappa shape index (κ3) is 2.95. The number of pyridine rings is 1. The van der Waals surface area contributed by atoms with Crippen LogP contribution in [0.2, 0.25) is 0 Å². The summed E-state index contributed by atoms with van der Waals surface area (Å²) in [5.74, 6) is 0. The SMILES string of the molecule is Cc1cc(NC2CCOC2)c2ccc(C(F)(F)F)cc2n1. The van der Waals surface area contributed by atoms with Gasteiger partial charge < -0.3 is 10.1 Å². The van der Waals surface area contributed by atoms with Crippen molar-refractivity contribution >= 4 is 16.6 Å². The maximum absolute atomic E-state index is 12.8. The van der Waals surface area contributed by atoms with Gasteiger partial charge in [0.2, 0.25) is 0 Å². The van der Waals surface area contributed by atoms with Crippen LogP contribution in [0.5, 0.6) is 0 Å². The van der Waals surface area contributed by atoms with E-state index >= 15 is 0 Å². The molecule has 0 spiro atoms. The summed E-state index contributed by atoms with van der Waals surface area (Å²) in [5.41, 5.74) is 1.17. The average molecular weight is 296 g/mol. The molecule has 1 aliphatic heterocycles. The number of aromatic nitrogens is 1. The van der Waals surface area contributed by atoms with Crippen LogP contribution in [0.1, 0.15) is 17.7 Å². The molecule has 1 aromatic heterocycles. The second kappa shape index (κ2) is 5.18. The number of fused-ring (bicyclic) bond motifs is 1. The minimum atomic E-state index is -4.35. The van der Waals surface area contributed by atoms with Crippen molar-refractivity contribution in [2.45, 2.75) is 25.6 Å². The summed E-state index contributed by atoms with van der Waals surface area (Å²) in [7, 11) is 0. The Bertz CT molecular complexity index is 664. The fourth-order valence-corrected chi connectivity index (χ4v) is 2.52. The van der Waals surface area contributed by atoms with Crippen molar-refractivity contribution in [1.29, 1.82) is 0 Å². The van der Waals surface area contributed by atoms with Crippen LogP contribution < -0.4 is 5.32 Å². The zero-order valence-electron chi connectivity index (χ0n) is 11.5. The second-order valence-corrected chi connectivity index (χ2v) is 5.25. The predicted molar refractivity (Wildman–Crippen MR) is 74.3 cm³/mol. The Balaban J connectivity index is 2.03. The van der Waals surface area contributed by atoms with Crippen molar-refractivity contribution in [2.75, 3.05) is 18.5 Å². The van der Waals surface area contributed by atoms with Gasteiger partial charge in [0, 0.05) is 23.4 Å². The Kier molecular flexibility index (Phi) is 3.49. The summed E-state index contributed by atoms with van der Waals surface area (Å²) in [6.45, 7) is 3.09. The largest absolute Gasteiger partial charge is 0.416 e. The fourth-order valence-electron chi connectivity index (χ4n) is 2.52. The number of halogens is 3.